The third kappa shape index (κ3) is 3.40. The van der Waals surface area contributed by atoms with Gasteiger partial charge in [0.1, 0.15) is 5.52 Å². The highest BCUT2D eigenvalue weighted by molar-refractivity contribution is 5.87. The van der Waals surface area contributed by atoms with Gasteiger partial charge >= 0.3 is 0 Å². The van der Waals surface area contributed by atoms with Crippen LogP contribution in [0.2, 0.25) is 0 Å². The molecule has 2 heterocycles. The molecule has 0 radical (unpaired) electrons. The number of H-pyrrole nitrogens is 1. The standard InChI is InChI=1S/C14H17N3O2/c1-9(2)19-12-8-16-14-13(17-12)11(7-15-14)6-4-5-10(3)18/h4-5,7-9H,6H2,1-3H3,(H,15,16)/b5-4+. The fourth-order valence-electron chi connectivity index (χ4n) is 1.73. The van der Waals surface area contributed by atoms with Crippen molar-refractivity contribution in [3.05, 3.63) is 30.1 Å². The van der Waals surface area contributed by atoms with Crippen molar-refractivity contribution in [3.63, 3.8) is 0 Å². The van der Waals surface area contributed by atoms with Crippen molar-refractivity contribution in [3.8, 4) is 5.88 Å². The molecular weight excluding hydrogens is 242 g/mol. The predicted molar refractivity (Wildman–Crippen MR) is 73.2 cm³/mol. The van der Waals surface area contributed by atoms with E-state index in [-0.39, 0.29) is 11.9 Å². The second kappa shape index (κ2) is 5.65. The third-order valence-electron chi connectivity index (χ3n) is 2.48. The molecule has 1 N–H and O–H groups in total. The summed E-state index contributed by atoms with van der Waals surface area (Å²) in [4.78, 5) is 22.6. The summed E-state index contributed by atoms with van der Waals surface area (Å²) in [5.74, 6) is 0.550. The number of hydrogen-bond donors (Lipinski definition) is 1. The summed E-state index contributed by atoms with van der Waals surface area (Å²) in [5, 5.41) is 0. The van der Waals surface area contributed by atoms with Crippen molar-refractivity contribution >= 4 is 16.9 Å². The van der Waals surface area contributed by atoms with Crippen molar-refractivity contribution in [2.24, 2.45) is 0 Å². The highest BCUT2D eigenvalue weighted by atomic mass is 16.5. The molecule has 0 aliphatic rings. The fraction of sp³-hybridized carbons (Fsp3) is 0.357. The van der Waals surface area contributed by atoms with Crippen LogP contribution in [-0.4, -0.2) is 26.8 Å². The molecule has 0 bridgehead atoms. The molecule has 0 saturated heterocycles. The second-order valence-corrected chi connectivity index (χ2v) is 4.60. The number of carbonyl (C=O) groups is 1. The average molecular weight is 259 g/mol. The molecule has 100 valence electrons. The third-order valence-corrected chi connectivity index (χ3v) is 2.48. The van der Waals surface area contributed by atoms with E-state index in [1.54, 1.807) is 12.3 Å². The zero-order chi connectivity index (χ0) is 13.8. The van der Waals surface area contributed by atoms with E-state index in [1.165, 1.54) is 6.92 Å². The van der Waals surface area contributed by atoms with Crippen LogP contribution in [0.5, 0.6) is 5.88 Å². The van der Waals surface area contributed by atoms with Crippen LogP contribution in [0.1, 0.15) is 26.3 Å². The van der Waals surface area contributed by atoms with Crippen LogP contribution in [0, 0.1) is 0 Å². The Hall–Kier alpha value is -2.17. The number of aromatic amines is 1. The Bertz CT molecular complexity index is 614. The molecule has 0 spiro atoms. The van der Waals surface area contributed by atoms with Crippen LogP contribution in [-0.2, 0) is 11.2 Å². The van der Waals surface area contributed by atoms with E-state index in [2.05, 4.69) is 15.0 Å². The van der Waals surface area contributed by atoms with Crippen molar-refractivity contribution in [2.75, 3.05) is 0 Å². The molecule has 0 saturated carbocycles. The van der Waals surface area contributed by atoms with Gasteiger partial charge < -0.3 is 9.72 Å². The number of carbonyl (C=O) groups excluding carboxylic acids is 1. The summed E-state index contributed by atoms with van der Waals surface area (Å²) in [5.41, 5.74) is 2.50. The summed E-state index contributed by atoms with van der Waals surface area (Å²) in [6.45, 7) is 5.42. The van der Waals surface area contributed by atoms with Gasteiger partial charge in [-0.3, -0.25) is 4.79 Å². The van der Waals surface area contributed by atoms with Crippen molar-refractivity contribution < 1.29 is 9.53 Å². The Labute approximate surface area is 111 Å². The lowest BCUT2D eigenvalue weighted by Crippen LogP contribution is -2.07. The van der Waals surface area contributed by atoms with Crippen molar-refractivity contribution in [2.45, 2.75) is 33.3 Å². The van der Waals surface area contributed by atoms with Gasteiger partial charge in [-0.25, -0.2) is 9.97 Å². The first-order valence-electron chi connectivity index (χ1n) is 6.23. The Morgan fingerprint density at radius 3 is 3.00 bits per heavy atom. The number of ketones is 1. The van der Waals surface area contributed by atoms with E-state index >= 15 is 0 Å². The Balaban J connectivity index is 2.26. The van der Waals surface area contributed by atoms with E-state index < -0.39 is 0 Å². The predicted octanol–water partition coefficient (Wildman–Crippen LogP) is 2.43. The van der Waals surface area contributed by atoms with Gasteiger partial charge in [0.15, 0.2) is 11.4 Å². The molecule has 0 fully saturated rings. The summed E-state index contributed by atoms with van der Waals surface area (Å²) < 4.78 is 5.53. The van der Waals surface area contributed by atoms with Crippen LogP contribution in [0.4, 0.5) is 0 Å². The number of aromatic nitrogens is 3. The normalized spacial score (nSPS) is 11.6. The first-order chi connectivity index (χ1) is 9.06. The van der Waals surface area contributed by atoms with E-state index in [4.69, 9.17) is 4.74 Å². The van der Waals surface area contributed by atoms with Gasteiger partial charge in [-0.1, -0.05) is 6.08 Å². The Morgan fingerprint density at radius 2 is 2.32 bits per heavy atom. The maximum atomic E-state index is 10.9. The molecule has 0 amide bonds. The smallest absolute Gasteiger partial charge is 0.233 e. The number of allylic oxidation sites excluding steroid dienone is 2. The van der Waals surface area contributed by atoms with Gasteiger partial charge in [0.2, 0.25) is 5.88 Å². The molecule has 0 aliphatic carbocycles. The van der Waals surface area contributed by atoms with E-state index in [1.807, 2.05) is 26.1 Å². The van der Waals surface area contributed by atoms with Gasteiger partial charge in [-0.05, 0) is 33.3 Å². The molecule has 2 rings (SSSR count). The fourth-order valence-corrected chi connectivity index (χ4v) is 1.73. The lowest BCUT2D eigenvalue weighted by molar-refractivity contribution is -0.112. The molecule has 0 aromatic carbocycles. The van der Waals surface area contributed by atoms with E-state index in [0.29, 0.717) is 12.3 Å². The van der Waals surface area contributed by atoms with Crippen LogP contribution in [0.25, 0.3) is 11.2 Å². The zero-order valence-electron chi connectivity index (χ0n) is 11.3. The van der Waals surface area contributed by atoms with Gasteiger partial charge in [0, 0.05) is 11.8 Å². The Morgan fingerprint density at radius 1 is 1.53 bits per heavy atom. The minimum absolute atomic E-state index is 0.0368. The monoisotopic (exact) mass is 259 g/mol. The van der Waals surface area contributed by atoms with Gasteiger partial charge in [0.05, 0.1) is 12.3 Å². The molecule has 2 aromatic heterocycles. The number of hydrogen-bond acceptors (Lipinski definition) is 4. The number of fused-ring (bicyclic) bond motifs is 1. The second-order valence-electron chi connectivity index (χ2n) is 4.60. The van der Waals surface area contributed by atoms with Crippen LogP contribution in [0.15, 0.2) is 24.5 Å². The molecular formula is C14H17N3O2. The lowest BCUT2D eigenvalue weighted by Gasteiger charge is -2.07. The highest BCUT2D eigenvalue weighted by Gasteiger charge is 2.08. The molecule has 5 heteroatoms. The summed E-state index contributed by atoms with van der Waals surface area (Å²) in [6.07, 6.45) is 7.54. The minimum Gasteiger partial charge on any atom is -0.474 e. The maximum Gasteiger partial charge on any atom is 0.233 e. The number of nitrogens with one attached hydrogen (secondary N) is 1. The van der Waals surface area contributed by atoms with Crippen LogP contribution < -0.4 is 4.74 Å². The summed E-state index contributed by atoms with van der Waals surface area (Å²) in [7, 11) is 0. The summed E-state index contributed by atoms with van der Waals surface area (Å²) in [6, 6.07) is 0. The first-order valence-corrected chi connectivity index (χ1v) is 6.23. The van der Waals surface area contributed by atoms with Crippen LogP contribution >= 0.6 is 0 Å². The Kier molecular flexibility index (Phi) is 3.94. The first kappa shape index (κ1) is 13.3. The molecule has 5 nitrogen and oxygen atoms in total. The average Bonchev–Trinajstić information content (AvgIpc) is 2.71. The number of ether oxygens (including phenoxy) is 1. The van der Waals surface area contributed by atoms with Gasteiger partial charge in [-0.2, -0.15) is 0 Å². The summed E-state index contributed by atoms with van der Waals surface area (Å²) >= 11 is 0. The zero-order valence-corrected chi connectivity index (χ0v) is 11.3. The van der Waals surface area contributed by atoms with E-state index in [0.717, 1.165) is 16.7 Å². The SMILES string of the molecule is CC(=O)/C=C/Cc1c[nH]c2ncc(OC(C)C)nc12. The van der Waals surface area contributed by atoms with Crippen LogP contribution in [0.3, 0.4) is 0 Å². The van der Waals surface area contributed by atoms with Gasteiger partial charge in [0.25, 0.3) is 0 Å². The molecule has 0 unspecified atom stereocenters. The van der Waals surface area contributed by atoms with E-state index in [9.17, 15) is 4.79 Å². The molecule has 19 heavy (non-hydrogen) atoms. The molecule has 0 atom stereocenters. The molecule has 0 aliphatic heterocycles. The largest absolute Gasteiger partial charge is 0.474 e. The van der Waals surface area contributed by atoms with Crippen molar-refractivity contribution in [1.82, 2.24) is 15.0 Å². The van der Waals surface area contributed by atoms with Gasteiger partial charge in [-0.15, -0.1) is 0 Å². The quantitative estimate of drug-likeness (QED) is 0.837. The number of nitrogens with zero attached hydrogens (tertiary/aromatic N) is 2. The maximum absolute atomic E-state index is 10.9. The topological polar surface area (TPSA) is 67.9 Å². The lowest BCUT2D eigenvalue weighted by atomic mass is 10.2. The highest BCUT2D eigenvalue weighted by Crippen LogP contribution is 2.18. The van der Waals surface area contributed by atoms with Crippen molar-refractivity contribution in [1.29, 1.82) is 0 Å². The molecule has 2 aromatic rings. The number of rotatable bonds is 5. The minimum atomic E-state index is 0.0368.